The molecule has 0 radical (unpaired) electrons. The zero-order valence-electron chi connectivity index (χ0n) is 12.3. The minimum Gasteiger partial charge on any atom is -0.312 e. The van der Waals surface area contributed by atoms with E-state index in [0.717, 1.165) is 12.0 Å². The summed E-state index contributed by atoms with van der Waals surface area (Å²) in [6.07, 6.45) is 10.1. The highest BCUT2D eigenvalue weighted by Crippen LogP contribution is 2.38. The largest absolute Gasteiger partial charge is 0.312 e. The van der Waals surface area contributed by atoms with Gasteiger partial charge in [0.15, 0.2) is 0 Å². The second-order valence-electron chi connectivity index (χ2n) is 7.49. The Morgan fingerprint density at radius 3 is 2.78 bits per heavy atom. The van der Waals surface area contributed by atoms with Crippen LogP contribution < -0.4 is 5.32 Å². The van der Waals surface area contributed by atoms with Gasteiger partial charge in [-0.2, -0.15) is 0 Å². The van der Waals surface area contributed by atoms with Crippen LogP contribution in [0.1, 0.15) is 58.8 Å². The third-order valence-electron chi connectivity index (χ3n) is 5.86. The van der Waals surface area contributed by atoms with Gasteiger partial charge in [0, 0.05) is 18.6 Å². The standard InChI is InChI=1S/C16H30N2/c1-16(2)9-5-10-17-15(16)12-18-11-4-7-13-6-3-8-14(13)18/h13-15,17H,3-12H2,1-2H3. The van der Waals surface area contributed by atoms with Crippen LogP contribution in [0.3, 0.4) is 0 Å². The van der Waals surface area contributed by atoms with Gasteiger partial charge in [-0.15, -0.1) is 0 Å². The van der Waals surface area contributed by atoms with Gasteiger partial charge in [-0.05, 0) is 62.9 Å². The SMILES string of the molecule is CC1(C)CCCNC1CN1CCCC2CCCC21. The first kappa shape index (κ1) is 12.9. The Balaban J connectivity index is 1.64. The Kier molecular flexibility index (Phi) is 3.68. The zero-order chi connectivity index (χ0) is 12.6. The lowest BCUT2D eigenvalue weighted by Crippen LogP contribution is -2.56. The fourth-order valence-electron chi connectivity index (χ4n) is 4.60. The first-order valence-corrected chi connectivity index (χ1v) is 8.14. The van der Waals surface area contributed by atoms with Crippen LogP contribution in [-0.4, -0.2) is 36.6 Å². The molecule has 0 aromatic rings. The number of rotatable bonds is 2. The maximum absolute atomic E-state index is 3.79. The monoisotopic (exact) mass is 250 g/mol. The topological polar surface area (TPSA) is 15.3 Å². The van der Waals surface area contributed by atoms with Crippen molar-refractivity contribution >= 4 is 0 Å². The van der Waals surface area contributed by atoms with Gasteiger partial charge >= 0.3 is 0 Å². The molecule has 0 bridgehead atoms. The Morgan fingerprint density at radius 1 is 1.11 bits per heavy atom. The molecule has 2 aliphatic heterocycles. The fraction of sp³-hybridized carbons (Fsp3) is 1.00. The molecule has 1 N–H and O–H groups in total. The molecule has 18 heavy (non-hydrogen) atoms. The van der Waals surface area contributed by atoms with Crippen molar-refractivity contribution in [2.24, 2.45) is 11.3 Å². The van der Waals surface area contributed by atoms with Gasteiger partial charge in [0.2, 0.25) is 0 Å². The van der Waals surface area contributed by atoms with Crippen molar-refractivity contribution in [3.05, 3.63) is 0 Å². The quantitative estimate of drug-likeness (QED) is 0.810. The highest BCUT2D eigenvalue weighted by molar-refractivity contribution is 4.95. The maximum atomic E-state index is 3.79. The van der Waals surface area contributed by atoms with Gasteiger partial charge < -0.3 is 5.32 Å². The van der Waals surface area contributed by atoms with Crippen LogP contribution in [0.2, 0.25) is 0 Å². The minimum atomic E-state index is 0.490. The Morgan fingerprint density at radius 2 is 1.94 bits per heavy atom. The third kappa shape index (κ3) is 2.46. The molecule has 0 aromatic heterocycles. The van der Waals surface area contributed by atoms with Gasteiger partial charge in [0.05, 0.1) is 0 Å². The summed E-state index contributed by atoms with van der Waals surface area (Å²) in [4.78, 5) is 2.84. The summed E-state index contributed by atoms with van der Waals surface area (Å²) in [6.45, 7) is 8.80. The molecule has 0 aromatic carbocycles. The number of hydrogen-bond donors (Lipinski definition) is 1. The number of likely N-dealkylation sites (tertiary alicyclic amines) is 1. The van der Waals surface area contributed by atoms with Gasteiger partial charge in [-0.25, -0.2) is 0 Å². The van der Waals surface area contributed by atoms with E-state index < -0.39 is 0 Å². The number of hydrogen-bond acceptors (Lipinski definition) is 2. The molecular formula is C16H30N2. The van der Waals surface area contributed by atoms with Crippen molar-refractivity contribution < 1.29 is 0 Å². The minimum absolute atomic E-state index is 0.490. The molecule has 3 rings (SSSR count). The van der Waals surface area contributed by atoms with Gasteiger partial charge in [-0.1, -0.05) is 20.3 Å². The molecule has 2 saturated heterocycles. The smallest absolute Gasteiger partial charge is 0.0246 e. The van der Waals surface area contributed by atoms with E-state index in [1.54, 1.807) is 0 Å². The Hall–Kier alpha value is -0.0800. The van der Waals surface area contributed by atoms with Gasteiger partial charge in [0.25, 0.3) is 0 Å². The molecule has 1 aliphatic carbocycles. The van der Waals surface area contributed by atoms with E-state index in [1.165, 1.54) is 64.6 Å². The van der Waals surface area contributed by atoms with Gasteiger partial charge in [-0.3, -0.25) is 4.90 Å². The Labute approximate surface area is 113 Å². The van der Waals surface area contributed by atoms with Gasteiger partial charge in [0.1, 0.15) is 0 Å². The normalized spacial score (nSPS) is 40.7. The highest BCUT2D eigenvalue weighted by atomic mass is 15.2. The number of nitrogens with one attached hydrogen (secondary N) is 1. The maximum Gasteiger partial charge on any atom is 0.0246 e. The fourth-order valence-corrected chi connectivity index (χ4v) is 4.60. The summed E-state index contributed by atoms with van der Waals surface area (Å²) < 4.78 is 0. The Bertz CT molecular complexity index is 287. The molecule has 1 saturated carbocycles. The molecule has 3 fully saturated rings. The second kappa shape index (κ2) is 5.13. The lowest BCUT2D eigenvalue weighted by Gasteiger charge is -2.46. The zero-order valence-corrected chi connectivity index (χ0v) is 12.3. The first-order chi connectivity index (χ1) is 8.67. The molecular weight excluding hydrogens is 220 g/mol. The number of piperidine rings is 2. The summed E-state index contributed by atoms with van der Waals surface area (Å²) in [5, 5.41) is 3.79. The van der Waals surface area contributed by atoms with Crippen LogP contribution in [0.4, 0.5) is 0 Å². The summed E-state index contributed by atoms with van der Waals surface area (Å²) >= 11 is 0. The van der Waals surface area contributed by atoms with E-state index in [2.05, 4.69) is 24.1 Å². The van der Waals surface area contributed by atoms with Crippen molar-refractivity contribution in [1.82, 2.24) is 10.2 Å². The predicted molar refractivity (Wildman–Crippen MR) is 76.7 cm³/mol. The van der Waals surface area contributed by atoms with Crippen molar-refractivity contribution in [3.8, 4) is 0 Å². The molecule has 104 valence electrons. The number of nitrogens with zero attached hydrogens (tertiary/aromatic N) is 1. The van der Waals surface area contributed by atoms with E-state index in [-0.39, 0.29) is 0 Å². The molecule has 3 atom stereocenters. The molecule has 0 spiro atoms. The lowest BCUT2D eigenvalue weighted by atomic mass is 9.77. The van der Waals surface area contributed by atoms with Crippen LogP contribution in [0.5, 0.6) is 0 Å². The number of fused-ring (bicyclic) bond motifs is 1. The van der Waals surface area contributed by atoms with Crippen LogP contribution in [0.15, 0.2) is 0 Å². The lowest BCUT2D eigenvalue weighted by molar-refractivity contribution is 0.0631. The molecule has 2 heterocycles. The molecule has 3 aliphatic rings. The van der Waals surface area contributed by atoms with Crippen LogP contribution >= 0.6 is 0 Å². The van der Waals surface area contributed by atoms with E-state index in [9.17, 15) is 0 Å². The van der Waals surface area contributed by atoms with Crippen LogP contribution in [0, 0.1) is 11.3 Å². The molecule has 2 heteroatoms. The second-order valence-corrected chi connectivity index (χ2v) is 7.49. The highest BCUT2D eigenvalue weighted by Gasteiger charge is 2.39. The average Bonchev–Trinajstić information content (AvgIpc) is 2.81. The summed E-state index contributed by atoms with van der Waals surface area (Å²) in [7, 11) is 0. The summed E-state index contributed by atoms with van der Waals surface area (Å²) in [5.41, 5.74) is 0.490. The van der Waals surface area contributed by atoms with Crippen LogP contribution in [0.25, 0.3) is 0 Å². The first-order valence-electron chi connectivity index (χ1n) is 8.14. The van der Waals surface area contributed by atoms with Crippen molar-refractivity contribution in [2.45, 2.75) is 70.9 Å². The molecule has 3 unspecified atom stereocenters. The summed E-state index contributed by atoms with van der Waals surface area (Å²) in [5.74, 6) is 1.03. The van der Waals surface area contributed by atoms with E-state index in [0.29, 0.717) is 11.5 Å². The van der Waals surface area contributed by atoms with Crippen molar-refractivity contribution in [2.75, 3.05) is 19.6 Å². The van der Waals surface area contributed by atoms with E-state index in [1.807, 2.05) is 0 Å². The van der Waals surface area contributed by atoms with E-state index >= 15 is 0 Å². The predicted octanol–water partition coefficient (Wildman–Crippen LogP) is 3.03. The average molecular weight is 250 g/mol. The molecule has 0 amide bonds. The molecule has 2 nitrogen and oxygen atoms in total. The van der Waals surface area contributed by atoms with E-state index in [4.69, 9.17) is 0 Å². The summed E-state index contributed by atoms with van der Waals surface area (Å²) in [6, 6.07) is 1.64. The van der Waals surface area contributed by atoms with Crippen molar-refractivity contribution in [1.29, 1.82) is 0 Å². The van der Waals surface area contributed by atoms with Crippen LogP contribution in [-0.2, 0) is 0 Å². The third-order valence-corrected chi connectivity index (χ3v) is 5.86. The van der Waals surface area contributed by atoms with Crippen molar-refractivity contribution in [3.63, 3.8) is 0 Å².